The van der Waals surface area contributed by atoms with Crippen molar-refractivity contribution in [1.82, 2.24) is 4.98 Å². The van der Waals surface area contributed by atoms with Gasteiger partial charge >= 0.3 is 5.97 Å². The van der Waals surface area contributed by atoms with Crippen molar-refractivity contribution in [2.45, 2.75) is 13.0 Å². The molecule has 0 aliphatic rings. The number of para-hydroxylation sites is 1. The van der Waals surface area contributed by atoms with Gasteiger partial charge in [0.2, 0.25) is 0 Å². The van der Waals surface area contributed by atoms with E-state index >= 15 is 0 Å². The number of amides is 1. The molecule has 1 atom stereocenters. The zero-order chi connectivity index (χ0) is 17.1. The average Bonchev–Trinajstić information content (AvgIpc) is 3.04. The van der Waals surface area contributed by atoms with Gasteiger partial charge < -0.3 is 14.5 Å². The van der Waals surface area contributed by atoms with Crippen molar-refractivity contribution in [2.24, 2.45) is 0 Å². The largest absolute Gasteiger partial charge is 0.449 e. The molecule has 6 nitrogen and oxygen atoms in total. The summed E-state index contributed by atoms with van der Waals surface area (Å²) in [6.07, 6.45) is 0.304. The van der Waals surface area contributed by atoms with E-state index in [9.17, 15) is 9.59 Å². The van der Waals surface area contributed by atoms with Crippen LogP contribution in [0, 0.1) is 0 Å². The van der Waals surface area contributed by atoms with Crippen molar-refractivity contribution >= 4 is 40.3 Å². The molecule has 1 amide bonds. The maximum Gasteiger partial charge on any atom is 0.339 e. The van der Waals surface area contributed by atoms with Crippen LogP contribution >= 0.6 is 11.6 Å². The molecule has 2 aromatic carbocycles. The maximum atomic E-state index is 12.2. The molecule has 0 spiro atoms. The van der Waals surface area contributed by atoms with Crippen LogP contribution in [0.3, 0.4) is 0 Å². The first kappa shape index (κ1) is 16.0. The summed E-state index contributed by atoms with van der Waals surface area (Å²) in [4.78, 5) is 28.2. The number of nitrogens with zero attached hydrogens (tertiary/aromatic N) is 1. The van der Waals surface area contributed by atoms with E-state index in [0.29, 0.717) is 21.8 Å². The number of nitrogens with one attached hydrogen (secondary N) is 1. The number of ether oxygens (including phenoxy) is 1. The van der Waals surface area contributed by atoms with E-state index in [1.165, 1.54) is 19.4 Å². The van der Waals surface area contributed by atoms with Crippen LogP contribution in [0.1, 0.15) is 17.3 Å². The predicted octanol–water partition coefficient (Wildman–Crippen LogP) is 3.67. The van der Waals surface area contributed by atoms with Crippen LogP contribution in [-0.2, 0) is 9.53 Å². The summed E-state index contributed by atoms with van der Waals surface area (Å²) in [5, 5.41) is 3.02. The van der Waals surface area contributed by atoms with Crippen LogP contribution in [0.15, 0.2) is 53.3 Å². The Labute approximate surface area is 142 Å². The second-order valence-electron chi connectivity index (χ2n) is 5.05. The van der Waals surface area contributed by atoms with E-state index in [4.69, 9.17) is 20.8 Å². The van der Waals surface area contributed by atoms with Crippen LogP contribution < -0.4 is 5.32 Å². The monoisotopic (exact) mass is 344 g/mol. The molecule has 0 fully saturated rings. The number of oxazole rings is 1. The SMILES string of the molecule is CC(OC(=O)c1ccc2ncoc2c1)C(=O)Nc1ccccc1Cl. The van der Waals surface area contributed by atoms with Crippen molar-refractivity contribution in [3.05, 3.63) is 59.4 Å². The number of hydrogen-bond donors (Lipinski definition) is 1. The molecule has 1 unspecified atom stereocenters. The van der Waals surface area contributed by atoms with Crippen LogP contribution in [0.2, 0.25) is 5.02 Å². The van der Waals surface area contributed by atoms with Gasteiger partial charge in [-0.1, -0.05) is 23.7 Å². The number of halogens is 1. The molecule has 0 aliphatic heterocycles. The van der Waals surface area contributed by atoms with Gasteiger partial charge in [0.05, 0.1) is 16.3 Å². The average molecular weight is 345 g/mol. The molecule has 7 heteroatoms. The molecule has 0 bridgehead atoms. The lowest BCUT2D eigenvalue weighted by Gasteiger charge is -2.14. The number of benzene rings is 2. The third-order valence-corrected chi connectivity index (χ3v) is 3.68. The van der Waals surface area contributed by atoms with Gasteiger partial charge in [-0.05, 0) is 37.3 Å². The van der Waals surface area contributed by atoms with Crippen LogP contribution in [0.5, 0.6) is 0 Å². The molecule has 24 heavy (non-hydrogen) atoms. The summed E-state index contributed by atoms with van der Waals surface area (Å²) in [5.41, 5.74) is 1.83. The Morgan fingerprint density at radius 3 is 2.83 bits per heavy atom. The predicted molar refractivity (Wildman–Crippen MR) is 89.0 cm³/mol. The van der Waals surface area contributed by atoms with Crippen molar-refractivity contribution in [3.63, 3.8) is 0 Å². The molecule has 3 aromatic rings. The lowest BCUT2D eigenvalue weighted by molar-refractivity contribution is -0.123. The second kappa shape index (κ2) is 6.72. The first-order valence-electron chi connectivity index (χ1n) is 7.14. The maximum absolute atomic E-state index is 12.2. The molecule has 122 valence electrons. The molecule has 1 aromatic heterocycles. The van der Waals surface area contributed by atoms with Gasteiger partial charge in [-0.2, -0.15) is 0 Å². The Hall–Kier alpha value is -2.86. The molecule has 0 radical (unpaired) electrons. The van der Waals surface area contributed by atoms with Crippen molar-refractivity contribution in [3.8, 4) is 0 Å². The molecular formula is C17H13ClN2O4. The van der Waals surface area contributed by atoms with E-state index in [1.54, 1.807) is 36.4 Å². The van der Waals surface area contributed by atoms with Gasteiger partial charge in [0.15, 0.2) is 18.1 Å². The number of carbonyl (C=O) groups is 2. The van der Waals surface area contributed by atoms with Gasteiger partial charge in [0.1, 0.15) is 5.52 Å². The van der Waals surface area contributed by atoms with Crippen LogP contribution in [-0.4, -0.2) is 23.0 Å². The number of carbonyl (C=O) groups excluding carboxylic acids is 2. The van der Waals surface area contributed by atoms with Crippen LogP contribution in [0.25, 0.3) is 11.1 Å². The fourth-order valence-corrected chi connectivity index (χ4v) is 2.24. The lowest BCUT2D eigenvalue weighted by Crippen LogP contribution is -2.30. The lowest BCUT2D eigenvalue weighted by atomic mass is 10.2. The Morgan fingerprint density at radius 1 is 1.25 bits per heavy atom. The highest BCUT2D eigenvalue weighted by Gasteiger charge is 2.20. The van der Waals surface area contributed by atoms with Crippen molar-refractivity contribution in [2.75, 3.05) is 5.32 Å². The third-order valence-electron chi connectivity index (χ3n) is 3.35. The third kappa shape index (κ3) is 3.38. The smallest absolute Gasteiger partial charge is 0.339 e. The standard InChI is InChI=1S/C17H13ClN2O4/c1-10(16(21)20-13-5-3-2-4-12(13)18)24-17(22)11-6-7-14-15(8-11)23-9-19-14/h2-10H,1H3,(H,20,21). The fraction of sp³-hybridized carbons (Fsp3) is 0.118. The number of aromatic nitrogens is 1. The summed E-state index contributed by atoms with van der Waals surface area (Å²) in [5.74, 6) is -1.10. The van der Waals surface area contributed by atoms with Gasteiger partial charge in [-0.3, -0.25) is 4.79 Å². The highest BCUT2D eigenvalue weighted by molar-refractivity contribution is 6.33. The molecule has 0 saturated heterocycles. The summed E-state index contributed by atoms with van der Waals surface area (Å²) in [7, 11) is 0. The summed E-state index contributed by atoms with van der Waals surface area (Å²) < 4.78 is 10.3. The number of fused-ring (bicyclic) bond motifs is 1. The Bertz CT molecular complexity index is 906. The zero-order valence-electron chi connectivity index (χ0n) is 12.7. The number of anilines is 1. The van der Waals surface area contributed by atoms with E-state index in [1.807, 2.05) is 0 Å². The van der Waals surface area contributed by atoms with Gasteiger partial charge in [0, 0.05) is 0 Å². The van der Waals surface area contributed by atoms with E-state index in [2.05, 4.69) is 10.3 Å². The normalized spacial score (nSPS) is 11.9. The molecule has 3 rings (SSSR count). The fourth-order valence-electron chi connectivity index (χ4n) is 2.06. The Morgan fingerprint density at radius 2 is 2.04 bits per heavy atom. The van der Waals surface area contributed by atoms with E-state index < -0.39 is 18.0 Å². The first-order valence-corrected chi connectivity index (χ1v) is 7.52. The highest BCUT2D eigenvalue weighted by atomic mass is 35.5. The first-order chi connectivity index (χ1) is 11.5. The highest BCUT2D eigenvalue weighted by Crippen LogP contribution is 2.21. The number of rotatable bonds is 4. The zero-order valence-corrected chi connectivity index (χ0v) is 13.4. The molecule has 1 N–H and O–H groups in total. The van der Waals surface area contributed by atoms with Crippen molar-refractivity contribution in [1.29, 1.82) is 0 Å². The molecular weight excluding hydrogens is 332 g/mol. The molecule has 0 saturated carbocycles. The van der Waals surface area contributed by atoms with E-state index in [-0.39, 0.29) is 5.56 Å². The summed E-state index contributed by atoms with van der Waals surface area (Å²) in [6, 6.07) is 11.5. The van der Waals surface area contributed by atoms with Crippen LogP contribution in [0.4, 0.5) is 5.69 Å². The summed E-state index contributed by atoms with van der Waals surface area (Å²) >= 11 is 5.98. The topological polar surface area (TPSA) is 81.4 Å². The number of esters is 1. The molecule has 0 aliphatic carbocycles. The Balaban J connectivity index is 1.67. The van der Waals surface area contributed by atoms with Gasteiger partial charge in [-0.25, -0.2) is 9.78 Å². The van der Waals surface area contributed by atoms with Crippen molar-refractivity contribution < 1.29 is 18.7 Å². The Kier molecular flexibility index (Phi) is 4.48. The van der Waals surface area contributed by atoms with Gasteiger partial charge in [-0.15, -0.1) is 0 Å². The van der Waals surface area contributed by atoms with E-state index in [0.717, 1.165) is 0 Å². The molecule has 1 heterocycles. The quantitative estimate of drug-likeness (QED) is 0.730. The summed E-state index contributed by atoms with van der Waals surface area (Å²) in [6.45, 7) is 1.48. The minimum absolute atomic E-state index is 0.275. The second-order valence-corrected chi connectivity index (χ2v) is 5.46. The number of hydrogen-bond acceptors (Lipinski definition) is 5. The minimum Gasteiger partial charge on any atom is -0.449 e. The van der Waals surface area contributed by atoms with Gasteiger partial charge in [0.25, 0.3) is 5.91 Å². The minimum atomic E-state index is -0.987.